The molecule has 0 unspecified atom stereocenters. The van der Waals surface area contributed by atoms with Crippen molar-refractivity contribution >= 4 is 94.5 Å². The Morgan fingerprint density at radius 2 is 1.28 bits per heavy atom. The van der Waals surface area contributed by atoms with Crippen LogP contribution in [0.5, 0.6) is 0 Å². The Balaban J connectivity index is 1.21. The van der Waals surface area contributed by atoms with E-state index in [1.54, 1.807) is 12.3 Å². The lowest BCUT2D eigenvalue weighted by molar-refractivity contribution is 0.795. The number of aliphatic imine (C=N–C) groups is 3. The maximum absolute atomic E-state index is 5.44. The molecule has 0 aliphatic heterocycles. The maximum Gasteiger partial charge on any atom is 0.115 e. The summed E-state index contributed by atoms with van der Waals surface area (Å²) < 4.78 is 4.78. The average molecular weight is 694 g/mol. The van der Waals surface area contributed by atoms with Gasteiger partial charge in [-0.2, -0.15) is 0 Å². The lowest BCUT2D eigenvalue weighted by atomic mass is 9.96. The van der Waals surface area contributed by atoms with Gasteiger partial charge in [-0.1, -0.05) is 122 Å². The van der Waals surface area contributed by atoms with Crippen molar-refractivity contribution < 1.29 is 0 Å². The monoisotopic (exact) mass is 693 g/mol. The Kier molecular flexibility index (Phi) is 7.34. The number of hydrogen-bond acceptors (Lipinski definition) is 3. The predicted octanol–water partition coefficient (Wildman–Crippen LogP) is 12.7. The van der Waals surface area contributed by atoms with Gasteiger partial charge in [0.1, 0.15) is 6.67 Å². The third-order valence-electron chi connectivity index (χ3n) is 10.8. The Labute approximate surface area is 312 Å². The van der Waals surface area contributed by atoms with E-state index >= 15 is 0 Å². The van der Waals surface area contributed by atoms with Crippen molar-refractivity contribution in [3.05, 3.63) is 170 Å². The fraction of sp³-hybridized carbons (Fsp3) is 0.0408. The number of para-hydroxylation sites is 4. The van der Waals surface area contributed by atoms with Crippen LogP contribution in [0.15, 0.2) is 179 Å². The zero-order valence-electron chi connectivity index (χ0n) is 29.9. The highest BCUT2D eigenvalue weighted by Crippen LogP contribution is 2.42. The Morgan fingerprint density at radius 3 is 2.07 bits per heavy atom. The van der Waals surface area contributed by atoms with Gasteiger partial charge in [-0.3, -0.25) is 15.0 Å². The number of rotatable bonds is 8. The molecule has 5 nitrogen and oxygen atoms in total. The molecular formula is C49H35N5. The molecule has 10 rings (SSSR count). The molecule has 0 aliphatic carbocycles. The van der Waals surface area contributed by atoms with Crippen LogP contribution in [-0.2, 0) is 6.67 Å². The third kappa shape index (κ3) is 4.68. The van der Waals surface area contributed by atoms with Crippen LogP contribution in [0.3, 0.4) is 0 Å². The van der Waals surface area contributed by atoms with E-state index in [0.717, 1.165) is 50.0 Å². The summed E-state index contributed by atoms with van der Waals surface area (Å²) in [6, 6.07) is 50.0. The first-order valence-electron chi connectivity index (χ1n) is 18.2. The molecule has 0 spiro atoms. The quantitative estimate of drug-likeness (QED) is 0.112. The van der Waals surface area contributed by atoms with E-state index in [-0.39, 0.29) is 0 Å². The predicted molar refractivity (Wildman–Crippen MR) is 232 cm³/mol. The second-order valence-electron chi connectivity index (χ2n) is 13.7. The van der Waals surface area contributed by atoms with Gasteiger partial charge < -0.3 is 8.97 Å². The van der Waals surface area contributed by atoms with Crippen LogP contribution in [0.4, 0.5) is 5.69 Å². The number of hydrogen-bond donors (Lipinski definition) is 0. The lowest BCUT2D eigenvalue weighted by Gasteiger charge is -2.15. The normalized spacial score (nSPS) is 12.9. The van der Waals surface area contributed by atoms with Crippen molar-refractivity contribution in [3.63, 3.8) is 0 Å². The summed E-state index contributed by atoms with van der Waals surface area (Å²) in [5.41, 5.74) is 11.6. The van der Waals surface area contributed by atoms with Crippen molar-refractivity contribution in [1.82, 2.24) is 8.97 Å². The van der Waals surface area contributed by atoms with E-state index in [4.69, 9.17) is 9.98 Å². The van der Waals surface area contributed by atoms with Crippen LogP contribution in [-0.4, -0.2) is 27.1 Å². The second kappa shape index (κ2) is 12.5. The van der Waals surface area contributed by atoms with Crippen molar-refractivity contribution in [2.75, 3.05) is 0 Å². The van der Waals surface area contributed by atoms with E-state index < -0.39 is 0 Å². The van der Waals surface area contributed by atoms with E-state index in [2.05, 4.69) is 161 Å². The molecule has 0 saturated heterocycles. The van der Waals surface area contributed by atoms with Crippen LogP contribution in [0.2, 0.25) is 0 Å². The Morgan fingerprint density at radius 1 is 0.630 bits per heavy atom. The van der Waals surface area contributed by atoms with E-state index in [9.17, 15) is 0 Å². The molecule has 0 N–H and O–H groups in total. The first kappa shape index (κ1) is 31.6. The van der Waals surface area contributed by atoms with Crippen molar-refractivity contribution in [2.24, 2.45) is 15.0 Å². The van der Waals surface area contributed by atoms with Gasteiger partial charge in [-0.05, 0) is 66.4 Å². The number of benzene rings is 7. The SMILES string of the molecule is C=C\C=C/N=C(C)\C(=N\Cn1c2ccccc2c2cccc(-c3ccc4c(c3)c3cccc5c6ccccc6n4c53)c21)c1c(N=C)ccc2ccccc12. The number of fused-ring (bicyclic) bond motifs is 10. The van der Waals surface area contributed by atoms with E-state index in [1.807, 2.05) is 19.1 Å². The smallest absolute Gasteiger partial charge is 0.115 e. The van der Waals surface area contributed by atoms with E-state index in [1.165, 1.54) is 54.4 Å². The third-order valence-corrected chi connectivity index (χ3v) is 10.8. The molecule has 0 atom stereocenters. The molecule has 5 heteroatoms. The topological polar surface area (TPSA) is 46.4 Å². The minimum atomic E-state index is 0.371. The highest BCUT2D eigenvalue weighted by molar-refractivity contribution is 6.50. The molecule has 0 amide bonds. The van der Waals surface area contributed by atoms with Gasteiger partial charge in [0, 0.05) is 49.6 Å². The standard InChI is InChI=1S/C49H35N5/c1-4-5-28-51-31(2)47(46-34-15-7-6-14-32(34)24-26-42(46)50-3)52-30-53-43-22-10-8-16-36(43)38-19-12-18-35(48(38)53)33-25-27-45-41(29-33)40-21-13-20-39-37-17-9-11-23-44(37)54(45)49(39)40/h4-29H,1,3,30H2,2H3/b28-5-,51-31-,52-47-. The molecule has 256 valence electrons. The number of aromatic nitrogens is 2. The summed E-state index contributed by atoms with van der Waals surface area (Å²) in [5, 5.41) is 9.63. The minimum Gasteiger partial charge on any atom is -0.320 e. The van der Waals surface area contributed by atoms with Gasteiger partial charge in [0.2, 0.25) is 0 Å². The molecule has 3 heterocycles. The molecule has 0 bridgehead atoms. The average Bonchev–Trinajstić information content (AvgIpc) is 3.86. The van der Waals surface area contributed by atoms with Gasteiger partial charge >= 0.3 is 0 Å². The van der Waals surface area contributed by atoms with Crippen molar-refractivity contribution in [3.8, 4) is 11.1 Å². The molecule has 0 saturated carbocycles. The maximum atomic E-state index is 5.44. The van der Waals surface area contributed by atoms with E-state index in [0.29, 0.717) is 6.67 Å². The van der Waals surface area contributed by atoms with Gasteiger partial charge in [0.25, 0.3) is 0 Å². The number of allylic oxidation sites excluding steroid dienone is 2. The van der Waals surface area contributed by atoms with Gasteiger partial charge in [0.15, 0.2) is 0 Å². The van der Waals surface area contributed by atoms with Gasteiger partial charge in [-0.15, -0.1) is 0 Å². The second-order valence-corrected chi connectivity index (χ2v) is 13.7. The largest absolute Gasteiger partial charge is 0.320 e. The van der Waals surface area contributed by atoms with Crippen LogP contribution < -0.4 is 0 Å². The van der Waals surface area contributed by atoms with Crippen LogP contribution in [0.1, 0.15) is 12.5 Å². The summed E-state index contributed by atoms with van der Waals surface area (Å²) in [6.45, 7) is 10.1. The molecule has 7 aromatic carbocycles. The summed E-state index contributed by atoms with van der Waals surface area (Å²) >= 11 is 0. The summed E-state index contributed by atoms with van der Waals surface area (Å²) in [4.78, 5) is 14.7. The first-order valence-corrected chi connectivity index (χ1v) is 18.2. The zero-order valence-corrected chi connectivity index (χ0v) is 29.9. The highest BCUT2D eigenvalue weighted by atomic mass is 15.1. The Bertz CT molecular complexity index is 3240. The molecule has 54 heavy (non-hydrogen) atoms. The molecule has 0 aliphatic rings. The summed E-state index contributed by atoms with van der Waals surface area (Å²) in [7, 11) is 0. The van der Waals surface area contributed by atoms with Crippen molar-refractivity contribution in [2.45, 2.75) is 13.6 Å². The highest BCUT2D eigenvalue weighted by Gasteiger charge is 2.21. The fourth-order valence-corrected chi connectivity index (χ4v) is 8.52. The van der Waals surface area contributed by atoms with Crippen molar-refractivity contribution in [1.29, 1.82) is 0 Å². The zero-order chi connectivity index (χ0) is 36.3. The summed E-state index contributed by atoms with van der Waals surface area (Å²) in [6.07, 6.45) is 5.31. The van der Waals surface area contributed by atoms with Gasteiger partial charge in [-0.25, -0.2) is 0 Å². The van der Waals surface area contributed by atoms with Crippen LogP contribution >= 0.6 is 0 Å². The Hall–Kier alpha value is -7.11. The summed E-state index contributed by atoms with van der Waals surface area (Å²) in [5.74, 6) is 0. The van der Waals surface area contributed by atoms with Gasteiger partial charge in [0.05, 0.1) is 44.7 Å². The molecule has 3 aromatic heterocycles. The fourth-order valence-electron chi connectivity index (χ4n) is 8.52. The molecule has 0 fully saturated rings. The molecule has 10 aromatic rings. The molecule has 0 radical (unpaired) electrons. The minimum absolute atomic E-state index is 0.371. The lowest BCUT2D eigenvalue weighted by Crippen LogP contribution is -2.15. The first-order chi connectivity index (χ1) is 26.7. The number of nitrogens with zero attached hydrogens (tertiary/aromatic N) is 5. The van der Waals surface area contributed by atoms with Crippen LogP contribution in [0.25, 0.3) is 81.8 Å². The van der Waals surface area contributed by atoms with Crippen LogP contribution in [0, 0.1) is 0 Å². The molecular weight excluding hydrogens is 659 g/mol.